The van der Waals surface area contributed by atoms with Crippen molar-refractivity contribution in [1.82, 2.24) is 15.2 Å². The molecule has 2 rings (SSSR count). The molecule has 2 aromatic heterocycles. The predicted octanol–water partition coefficient (Wildman–Crippen LogP) is 2.34. The van der Waals surface area contributed by atoms with Crippen LogP contribution in [-0.2, 0) is 4.74 Å². The van der Waals surface area contributed by atoms with Crippen molar-refractivity contribution in [3.05, 3.63) is 26.6 Å². The zero-order valence-corrected chi connectivity index (χ0v) is 10.6. The van der Waals surface area contributed by atoms with Gasteiger partial charge in [0.25, 0.3) is 0 Å². The summed E-state index contributed by atoms with van der Waals surface area (Å²) in [5.74, 6) is -0.428. The van der Waals surface area contributed by atoms with Gasteiger partial charge in [-0.3, -0.25) is 4.98 Å². The van der Waals surface area contributed by atoms with Crippen LogP contribution in [0.4, 0.5) is 0 Å². The third-order valence-corrected chi connectivity index (χ3v) is 3.34. The Morgan fingerprint density at radius 1 is 1.47 bits per heavy atom. The van der Waals surface area contributed by atoms with Crippen LogP contribution < -0.4 is 0 Å². The monoisotopic (exact) mass is 267 g/mol. The standard InChI is InChI=1S/C10H9N3O2S2/c1-2-15-10(14)9-13-12-8(17-9)4-3-7-5-11-6-16-7/h3-6H,2H2,1H3. The quantitative estimate of drug-likeness (QED) is 0.795. The molecule has 0 saturated carbocycles. The minimum Gasteiger partial charge on any atom is -0.461 e. The Hall–Kier alpha value is -1.60. The van der Waals surface area contributed by atoms with E-state index < -0.39 is 5.97 Å². The third-order valence-electron chi connectivity index (χ3n) is 1.73. The molecule has 0 amide bonds. The van der Waals surface area contributed by atoms with Crippen molar-refractivity contribution in [3.8, 4) is 0 Å². The van der Waals surface area contributed by atoms with Crippen LogP contribution in [0.5, 0.6) is 0 Å². The molecule has 0 aromatic carbocycles. The summed E-state index contributed by atoms with van der Waals surface area (Å²) < 4.78 is 4.83. The van der Waals surface area contributed by atoms with Crippen LogP contribution in [0.15, 0.2) is 11.7 Å². The first-order chi connectivity index (χ1) is 8.29. The summed E-state index contributed by atoms with van der Waals surface area (Å²) in [5, 5.41) is 8.59. The first-order valence-corrected chi connectivity index (χ1v) is 6.56. The highest BCUT2D eigenvalue weighted by Gasteiger charge is 2.12. The molecule has 0 bridgehead atoms. The van der Waals surface area contributed by atoms with Crippen LogP contribution in [0.25, 0.3) is 12.2 Å². The molecular weight excluding hydrogens is 258 g/mol. The van der Waals surface area contributed by atoms with Crippen LogP contribution >= 0.6 is 22.7 Å². The van der Waals surface area contributed by atoms with Crippen LogP contribution in [0, 0.1) is 0 Å². The molecular formula is C10H9N3O2S2. The number of hydrogen-bond acceptors (Lipinski definition) is 7. The van der Waals surface area contributed by atoms with E-state index in [-0.39, 0.29) is 5.01 Å². The molecule has 0 radical (unpaired) electrons. The summed E-state index contributed by atoms with van der Waals surface area (Å²) in [7, 11) is 0. The fourth-order valence-corrected chi connectivity index (χ4v) is 2.19. The maximum atomic E-state index is 11.3. The maximum absolute atomic E-state index is 11.3. The number of rotatable bonds is 4. The lowest BCUT2D eigenvalue weighted by Crippen LogP contribution is -2.03. The number of ether oxygens (including phenoxy) is 1. The topological polar surface area (TPSA) is 65.0 Å². The first-order valence-electron chi connectivity index (χ1n) is 4.87. The Morgan fingerprint density at radius 2 is 2.35 bits per heavy atom. The number of esters is 1. The molecule has 0 N–H and O–H groups in total. The fraction of sp³-hybridized carbons (Fsp3) is 0.200. The van der Waals surface area contributed by atoms with E-state index >= 15 is 0 Å². The first kappa shape index (κ1) is 11.9. The highest BCUT2D eigenvalue weighted by atomic mass is 32.1. The van der Waals surface area contributed by atoms with Gasteiger partial charge in [-0.2, -0.15) is 0 Å². The fourth-order valence-electron chi connectivity index (χ4n) is 1.04. The van der Waals surface area contributed by atoms with Crippen molar-refractivity contribution in [1.29, 1.82) is 0 Å². The summed E-state index contributed by atoms with van der Waals surface area (Å²) in [6.45, 7) is 2.09. The van der Waals surface area contributed by atoms with Gasteiger partial charge < -0.3 is 4.74 Å². The zero-order chi connectivity index (χ0) is 12.1. The summed E-state index contributed by atoms with van der Waals surface area (Å²) in [6.07, 6.45) is 5.44. The summed E-state index contributed by atoms with van der Waals surface area (Å²) in [6, 6.07) is 0. The molecule has 2 aromatic rings. The van der Waals surface area contributed by atoms with Crippen molar-refractivity contribution < 1.29 is 9.53 Å². The normalized spacial score (nSPS) is 10.9. The Balaban J connectivity index is 2.06. The summed E-state index contributed by atoms with van der Waals surface area (Å²) >= 11 is 2.73. The molecule has 0 aliphatic heterocycles. The largest absolute Gasteiger partial charge is 0.461 e. The molecule has 0 unspecified atom stereocenters. The smallest absolute Gasteiger partial charge is 0.369 e. The second kappa shape index (κ2) is 5.65. The van der Waals surface area contributed by atoms with Gasteiger partial charge in [-0.15, -0.1) is 21.5 Å². The van der Waals surface area contributed by atoms with E-state index in [1.165, 1.54) is 22.7 Å². The van der Waals surface area contributed by atoms with Crippen LogP contribution in [-0.4, -0.2) is 27.8 Å². The van der Waals surface area contributed by atoms with Crippen molar-refractivity contribution in [3.63, 3.8) is 0 Å². The Morgan fingerprint density at radius 3 is 3.06 bits per heavy atom. The van der Waals surface area contributed by atoms with Gasteiger partial charge in [0.1, 0.15) is 5.01 Å². The van der Waals surface area contributed by atoms with E-state index in [1.807, 2.05) is 6.08 Å². The van der Waals surface area contributed by atoms with Gasteiger partial charge in [0, 0.05) is 11.1 Å². The molecule has 17 heavy (non-hydrogen) atoms. The van der Waals surface area contributed by atoms with Gasteiger partial charge in [0.05, 0.1) is 12.1 Å². The van der Waals surface area contributed by atoms with Gasteiger partial charge in [0.2, 0.25) is 5.01 Å². The number of nitrogens with zero attached hydrogens (tertiary/aromatic N) is 3. The Labute approximate surface area is 106 Å². The third kappa shape index (κ3) is 3.18. The van der Waals surface area contributed by atoms with Crippen molar-refractivity contribution >= 4 is 40.8 Å². The van der Waals surface area contributed by atoms with E-state index in [2.05, 4.69) is 15.2 Å². The lowest BCUT2D eigenvalue weighted by molar-refractivity contribution is 0.0525. The summed E-state index contributed by atoms with van der Waals surface area (Å²) in [4.78, 5) is 16.3. The van der Waals surface area contributed by atoms with E-state index in [9.17, 15) is 4.79 Å². The molecule has 88 valence electrons. The van der Waals surface area contributed by atoms with E-state index in [4.69, 9.17) is 4.74 Å². The number of carbonyl (C=O) groups excluding carboxylic acids is 1. The number of carbonyl (C=O) groups is 1. The second-order valence-electron chi connectivity index (χ2n) is 2.90. The number of aromatic nitrogens is 3. The van der Waals surface area contributed by atoms with E-state index in [0.29, 0.717) is 11.6 Å². The average Bonchev–Trinajstić information content (AvgIpc) is 2.98. The van der Waals surface area contributed by atoms with E-state index in [1.54, 1.807) is 24.7 Å². The molecule has 0 fully saturated rings. The minimum atomic E-state index is -0.428. The molecule has 0 spiro atoms. The van der Waals surface area contributed by atoms with Crippen molar-refractivity contribution in [2.45, 2.75) is 6.92 Å². The Kier molecular flexibility index (Phi) is 3.94. The summed E-state index contributed by atoms with van der Waals surface area (Å²) in [5.41, 5.74) is 1.75. The molecule has 0 atom stereocenters. The van der Waals surface area contributed by atoms with Crippen LogP contribution in [0.1, 0.15) is 26.6 Å². The zero-order valence-electron chi connectivity index (χ0n) is 8.99. The average molecular weight is 267 g/mol. The number of hydrogen-bond donors (Lipinski definition) is 0. The predicted molar refractivity (Wildman–Crippen MR) is 66.9 cm³/mol. The Bertz CT molecular complexity index is 519. The highest BCUT2D eigenvalue weighted by Crippen LogP contribution is 2.15. The van der Waals surface area contributed by atoms with E-state index in [0.717, 1.165) is 4.88 Å². The molecule has 2 heterocycles. The lowest BCUT2D eigenvalue weighted by Gasteiger charge is -1.93. The van der Waals surface area contributed by atoms with Gasteiger partial charge in [-0.1, -0.05) is 11.3 Å². The van der Waals surface area contributed by atoms with Gasteiger partial charge >= 0.3 is 5.97 Å². The van der Waals surface area contributed by atoms with Gasteiger partial charge in [0.15, 0.2) is 0 Å². The van der Waals surface area contributed by atoms with Crippen LogP contribution in [0.2, 0.25) is 0 Å². The maximum Gasteiger partial charge on any atom is 0.369 e. The van der Waals surface area contributed by atoms with Gasteiger partial charge in [-0.05, 0) is 19.1 Å². The molecule has 5 nitrogen and oxygen atoms in total. The van der Waals surface area contributed by atoms with Crippen LogP contribution in [0.3, 0.4) is 0 Å². The second-order valence-corrected chi connectivity index (χ2v) is 4.83. The minimum absolute atomic E-state index is 0.274. The molecule has 7 heteroatoms. The van der Waals surface area contributed by atoms with Gasteiger partial charge in [-0.25, -0.2) is 4.79 Å². The number of thiazole rings is 1. The molecule has 0 saturated heterocycles. The highest BCUT2D eigenvalue weighted by molar-refractivity contribution is 7.14. The van der Waals surface area contributed by atoms with Crippen molar-refractivity contribution in [2.24, 2.45) is 0 Å². The molecule has 0 aliphatic carbocycles. The lowest BCUT2D eigenvalue weighted by atomic mass is 10.4. The van der Waals surface area contributed by atoms with Crippen molar-refractivity contribution in [2.75, 3.05) is 6.61 Å². The molecule has 0 aliphatic rings. The SMILES string of the molecule is CCOC(=O)c1nnc(C=Cc2cncs2)s1.